The van der Waals surface area contributed by atoms with E-state index in [9.17, 15) is 0 Å². The fourth-order valence-corrected chi connectivity index (χ4v) is 6.01. The first kappa shape index (κ1) is 27.3. The SMILES string of the molecule is CCOCCn1c(C2CCN(CCc3ccc(C(C)(C)C4NC(C)(C)CO4)cc3)CC2)nc2ccccc21. The molecular formula is C32H46N4O2. The summed E-state index contributed by atoms with van der Waals surface area (Å²) in [6.45, 7) is 17.5. The van der Waals surface area contributed by atoms with Gasteiger partial charge in [-0.25, -0.2) is 4.98 Å². The third-order valence-corrected chi connectivity index (χ3v) is 8.50. The number of hydrogen-bond donors (Lipinski definition) is 1. The lowest BCUT2D eigenvalue weighted by atomic mass is 9.82. The van der Waals surface area contributed by atoms with Crippen molar-refractivity contribution in [2.75, 3.05) is 39.5 Å². The van der Waals surface area contributed by atoms with Crippen LogP contribution in [0.15, 0.2) is 48.5 Å². The van der Waals surface area contributed by atoms with Crippen molar-refractivity contribution in [3.05, 3.63) is 65.5 Å². The van der Waals surface area contributed by atoms with E-state index in [1.54, 1.807) is 0 Å². The average molecular weight is 519 g/mol. The van der Waals surface area contributed by atoms with Crippen LogP contribution >= 0.6 is 0 Å². The first-order chi connectivity index (χ1) is 18.3. The number of hydrogen-bond acceptors (Lipinski definition) is 5. The van der Waals surface area contributed by atoms with Crippen molar-refractivity contribution < 1.29 is 9.47 Å². The van der Waals surface area contributed by atoms with Crippen LogP contribution in [0.2, 0.25) is 0 Å². The molecule has 6 nitrogen and oxygen atoms in total. The minimum absolute atomic E-state index is 0.0332. The quantitative estimate of drug-likeness (QED) is 0.359. The lowest BCUT2D eigenvalue weighted by Crippen LogP contribution is -2.47. The number of para-hydroxylation sites is 2. The molecule has 0 aliphatic carbocycles. The summed E-state index contributed by atoms with van der Waals surface area (Å²) in [4.78, 5) is 7.70. The Morgan fingerprint density at radius 3 is 2.47 bits per heavy atom. The lowest BCUT2D eigenvalue weighted by molar-refractivity contribution is 0.0451. The van der Waals surface area contributed by atoms with Crippen LogP contribution in [0.4, 0.5) is 0 Å². The van der Waals surface area contributed by atoms with Crippen molar-refractivity contribution >= 4 is 11.0 Å². The van der Waals surface area contributed by atoms with E-state index in [-0.39, 0.29) is 17.2 Å². The van der Waals surface area contributed by atoms with Gasteiger partial charge in [0.2, 0.25) is 0 Å². The maximum Gasteiger partial charge on any atom is 0.117 e. The highest BCUT2D eigenvalue weighted by Crippen LogP contribution is 2.33. The van der Waals surface area contributed by atoms with Crippen LogP contribution in [0, 0.1) is 0 Å². The Morgan fingerprint density at radius 2 is 1.79 bits per heavy atom. The Bertz CT molecular complexity index is 1190. The Morgan fingerprint density at radius 1 is 1.05 bits per heavy atom. The first-order valence-electron chi connectivity index (χ1n) is 14.5. The van der Waals surface area contributed by atoms with E-state index in [1.807, 2.05) is 0 Å². The molecule has 2 fully saturated rings. The molecule has 6 heteroatoms. The molecule has 5 rings (SSSR count). The van der Waals surface area contributed by atoms with E-state index < -0.39 is 0 Å². The fourth-order valence-electron chi connectivity index (χ4n) is 6.01. The van der Waals surface area contributed by atoms with E-state index >= 15 is 0 Å². The van der Waals surface area contributed by atoms with Gasteiger partial charge in [0.25, 0.3) is 0 Å². The molecule has 1 aromatic heterocycles. The van der Waals surface area contributed by atoms with Crippen molar-refractivity contribution in [1.82, 2.24) is 19.8 Å². The Hall–Kier alpha value is -2.25. The second-order valence-corrected chi connectivity index (χ2v) is 12.3. The number of rotatable bonds is 10. The average Bonchev–Trinajstić information content (AvgIpc) is 3.48. The summed E-state index contributed by atoms with van der Waals surface area (Å²) >= 11 is 0. The van der Waals surface area contributed by atoms with Gasteiger partial charge in [0.15, 0.2) is 0 Å². The monoisotopic (exact) mass is 518 g/mol. The molecule has 1 unspecified atom stereocenters. The van der Waals surface area contributed by atoms with Crippen molar-refractivity contribution in [3.63, 3.8) is 0 Å². The number of piperidine rings is 1. The Kier molecular flexibility index (Phi) is 8.25. The molecule has 1 atom stereocenters. The molecule has 0 saturated carbocycles. The number of fused-ring (bicyclic) bond motifs is 1. The molecule has 0 spiro atoms. The number of benzene rings is 2. The number of nitrogens with zero attached hydrogens (tertiary/aromatic N) is 3. The van der Waals surface area contributed by atoms with Crippen molar-refractivity contribution in [2.24, 2.45) is 0 Å². The maximum atomic E-state index is 6.10. The lowest BCUT2D eigenvalue weighted by Gasteiger charge is -2.33. The first-order valence-corrected chi connectivity index (χ1v) is 14.5. The van der Waals surface area contributed by atoms with E-state index in [0.29, 0.717) is 5.92 Å². The van der Waals surface area contributed by atoms with E-state index in [1.165, 1.54) is 22.5 Å². The van der Waals surface area contributed by atoms with Gasteiger partial charge < -0.3 is 18.9 Å². The minimum Gasteiger partial charge on any atom is -0.380 e. The van der Waals surface area contributed by atoms with E-state index in [2.05, 4.69) is 97.9 Å². The maximum absolute atomic E-state index is 6.10. The molecule has 0 radical (unpaired) electrons. The topological polar surface area (TPSA) is 51.5 Å². The van der Waals surface area contributed by atoms with E-state index in [0.717, 1.165) is 70.8 Å². The van der Waals surface area contributed by atoms with E-state index in [4.69, 9.17) is 14.5 Å². The molecule has 206 valence electrons. The van der Waals surface area contributed by atoms with Crippen LogP contribution in [0.25, 0.3) is 11.0 Å². The molecule has 1 N–H and O–H groups in total. The van der Waals surface area contributed by atoms with Crippen molar-refractivity contribution in [1.29, 1.82) is 0 Å². The van der Waals surface area contributed by atoms with Gasteiger partial charge in [0.05, 0.1) is 24.2 Å². The number of aromatic nitrogens is 2. The molecule has 3 heterocycles. The number of nitrogens with one attached hydrogen (secondary N) is 1. The second kappa shape index (κ2) is 11.5. The van der Waals surface area contributed by atoms with Crippen LogP contribution in [0.3, 0.4) is 0 Å². The molecular weight excluding hydrogens is 472 g/mol. The predicted octanol–water partition coefficient (Wildman–Crippen LogP) is 5.50. The Labute approximate surface area is 228 Å². The standard InChI is InChI=1S/C32H46N4O2/c1-6-37-22-21-36-28-10-8-7-9-27(28)33-29(36)25-16-19-35(20-17-25)18-15-24-11-13-26(14-12-24)32(4,5)30-34-31(2,3)23-38-30/h7-14,25,30,34H,6,15-23H2,1-5H3. The van der Waals surface area contributed by atoms with Gasteiger partial charge >= 0.3 is 0 Å². The van der Waals surface area contributed by atoms with Crippen molar-refractivity contribution in [2.45, 2.75) is 83.5 Å². The molecule has 2 aromatic carbocycles. The van der Waals surface area contributed by atoms with Crippen LogP contribution in [-0.4, -0.2) is 65.7 Å². The van der Waals surface area contributed by atoms with Crippen LogP contribution in [-0.2, 0) is 27.9 Å². The fraction of sp³-hybridized carbons (Fsp3) is 0.594. The summed E-state index contributed by atoms with van der Waals surface area (Å²) < 4.78 is 14.2. The summed E-state index contributed by atoms with van der Waals surface area (Å²) in [5.41, 5.74) is 5.02. The van der Waals surface area contributed by atoms with Gasteiger partial charge in [0.1, 0.15) is 12.1 Å². The molecule has 2 aliphatic rings. The summed E-state index contributed by atoms with van der Waals surface area (Å²) in [5.74, 6) is 1.76. The summed E-state index contributed by atoms with van der Waals surface area (Å²) in [5, 5.41) is 3.65. The molecule has 2 saturated heterocycles. The zero-order valence-corrected chi connectivity index (χ0v) is 24.0. The largest absolute Gasteiger partial charge is 0.380 e. The van der Waals surface area contributed by atoms with Gasteiger partial charge in [-0.15, -0.1) is 0 Å². The third-order valence-electron chi connectivity index (χ3n) is 8.50. The summed E-state index contributed by atoms with van der Waals surface area (Å²) in [6, 6.07) is 17.7. The highest BCUT2D eigenvalue weighted by atomic mass is 16.5. The van der Waals surface area contributed by atoms with Gasteiger partial charge in [-0.3, -0.25) is 5.32 Å². The molecule has 2 aliphatic heterocycles. The number of ether oxygens (including phenoxy) is 2. The summed E-state index contributed by atoms with van der Waals surface area (Å²) in [6.07, 6.45) is 3.45. The normalized spacial score (nSPS) is 20.9. The predicted molar refractivity (Wildman–Crippen MR) is 155 cm³/mol. The van der Waals surface area contributed by atoms with Gasteiger partial charge in [-0.1, -0.05) is 50.2 Å². The zero-order valence-electron chi connectivity index (χ0n) is 24.0. The smallest absolute Gasteiger partial charge is 0.117 e. The minimum atomic E-state index is -0.0760. The van der Waals surface area contributed by atoms with Gasteiger partial charge in [-0.05, 0) is 76.4 Å². The third kappa shape index (κ3) is 5.99. The summed E-state index contributed by atoms with van der Waals surface area (Å²) in [7, 11) is 0. The van der Waals surface area contributed by atoms with Crippen LogP contribution in [0.1, 0.15) is 70.3 Å². The van der Waals surface area contributed by atoms with Crippen LogP contribution < -0.4 is 5.32 Å². The highest BCUT2D eigenvalue weighted by Gasteiger charge is 2.41. The number of likely N-dealkylation sites (tertiary alicyclic amines) is 1. The highest BCUT2D eigenvalue weighted by molar-refractivity contribution is 5.76. The van der Waals surface area contributed by atoms with Crippen LogP contribution in [0.5, 0.6) is 0 Å². The molecule has 3 aromatic rings. The molecule has 0 amide bonds. The molecule has 38 heavy (non-hydrogen) atoms. The van der Waals surface area contributed by atoms with Crippen molar-refractivity contribution in [3.8, 4) is 0 Å². The van der Waals surface area contributed by atoms with Gasteiger partial charge in [-0.2, -0.15) is 0 Å². The zero-order chi connectivity index (χ0) is 26.8. The van der Waals surface area contributed by atoms with Gasteiger partial charge in [0, 0.05) is 36.6 Å². The number of imidazole rings is 1. The molecule has 0 bridgehead atoms. The Balaban J connectivity index is 1.15. The second-order valence-electron chi connectivity index (χ2n) is 12.3.